The molecular weight excluding hydrogens is 447 g/mol. The van der Waals surface area contributed by atoms with Crippen molar-refractivity contribution in [3.05, 3.63) is 71.6 Å². The van der Waals surface area contributed by atoms with E-state index in [0.29, 0.717) is 12.2 Å². The van der Waals surface area contributed by atoms with Crippen molar-refractivity contribution < 1.29 is 29.3 Å². The van der Waals surface area contributed by atoms with E-state index in [4.69, 9.17) is 15.3 Å². The van der Waals surface area contributed by atoms with Crippen LogP contribution < -0.4 is 0 Å². The number of carbonyl (C=O) groups is 2. The Morgan fingerprint density at radius 2 is 1.67 bits per heavy atom. The second-order valence-electron chi connectivity index (χ2n) is 7.70. The summed E-state index contributed by atoms with van der Waals surface area (Å²) in [4.78, 5) is 25.8. The maximum absolute atomic E-state index is 14.6. The summed E-state index contributed by atoms with van der Waals surface area (Å²) in [5.74, 6) is -2.64. The van der Waals surface area contributed by atoms with E-state index in [1.807, 2.05) is 12.1 Å². The van der Waals surface area contributed by atoms with E-state index in [2.05, 4.69) is 34.1 Å². The molecule has 7 nitrogen and oxygen atoms in total. The maximum Gasteiger partial charge on any atom is 0.328 e. The van der Waals surface area contributed by atoms with Crippen LogP contribution in [0, 0.1) is 5.82 Å². The average molecular weight is 475 g/mol. The predicted octanol–water partition coefficient (Wildman–Crippen LogP) is 2.90. The molecule has 0 amide bonds. The van der Waals surface area contributed by atoms with Crippen LogP contribution in [0.15, 0.2) is 64.4 Å². The number of benzene rings is 2. The van der Waals surface area contributed by atoms with Crippen LogP contribution in [0.3, 0.4) is 0 Å². The minimum Gasteiger partial charge on any atom is -0.478 e. The number of piperazine rings is 1. The van der Waals surface area contributed by atoms with E-state index in [-0.39, 0.29) is 18.5 Å². The van der Waals surface area contributed by atoms with Gasteiger partial charge in [-0.25, -0.2) is 14.0 Å². The summed E-state index contributed by atoms with van der Waals surface area (Å²) in [6.45, 7) is 4.76. The Hall–Kier alpha value is -2.72. The molecule has 33 heavy (non-hydrogen) atoms. The Morgan fingerprint density at radius 3 is 2.30 bits per heavy atom. The monoisotopic (exact) mass is 474 g/mol. The SMILES string of the molecule is O=C(O)/C=C/C(=O)O.OCCN1CCN(C2Cc3ccccc3Sc3c(F)cccc32)CC1. The number of β-amino-alcohol motifs (C(OH)–C–C–N with tert-alkyl or cyclic N) is 1. The molecule has 0 bridgehead atoms. The molecule has 2 aliphatic rings. The van der Waals surface area contributed by atoms with Crippen molar-refractivity contribution in [2.45, 2.75) is 22.3 Å². The highest BCUT2D eigenvalue weighted by molar-refractivity contribution is 7.99. The molecule has 0 radical (unpaired) electrons. The van der Waals surface area contributed by atoms with Crippen molar-refractivity contribution in [2.24, 2.45) is 0 Å². The van der Waals surface area contributed by atoms with Crippen molar-refractivity contribution >= 4 is 23.7 Å². The number of hydrogen-bond donors (Lipinski definition) is 3. The topological polar surface area (TPSA) is 101 Å². The molecular formula is C24H27FN2O5S. The summed E-state index contributed by atoms with van der Waals surface area (Å²) in [5, 5.41) is 24.8. The van der Waals surface area contributed by atoms with Gasteiger partial charge in [0.15, 0.2) is 0 Å². The summed E-state index contributed by atoms with van der Waals surface area (Å²) < 4.78 is 14.6. The Morgan fingerprint density at radius 1 is 1.00 bits per heavy atom. The number of fused-ring (bicyclic) bond motifs is 2. The van der Waals surface area contributed by atoms with Gasteiger partial charge in [-0.1, -0.05) is 42.1 Å². The Balaban J connectivity index is 0.000000331. The number of halogens is 1. The molecule has 1 saturated heterocycles. The van der Waals surface area contributed by atoms with Crippen LogP contribution >= 0.6 is 11.8 Å². The number of aliphatic hydroxyl groups is 1. The van der Waals surface area contributed by atoms with Crippen molar-refractivity contribution in [1.29, 1.82) is 0 Å². The molecule has 2 aromatic carbocycles. The number of carboxylic acid groups (broad SMARTS) is 2. The van der Waals surface area contributed by atoms with Crippen LogP contribution in [0.2, 0.25) is 0 Å². The molecule has 0 spiro atoms. The minimum absolute atomic E-state index is 0.122. The van der Waals surface area contributed by atoms with Crippen molar-refractivity contribution in [3.63, 3.8) is 0 Å². The Labute approximate surface area is 196 Å². The van der Waals surface area contributed by atoms with Crippen molar-refractivity contribution in [1.82, 2.24) is 9.80 Å². The van der Waals surface area contributed by atoms with Crippen LogP contribution in [0.4, 0.5) is 4.39 Å². The van der Waals surface area contributed by atoms with E-state index in [1.54, 1.807) is 17.8 Å². The van der Waals surface area contributed by atoms with Gasteiger partial charge in [0.1, 0.15) is 5.82 Å². The molecule has 1 atom stereocenters. The van der Waals surface area contributed by atoms with Gasteiger partial charge in [0.2, 0.25) is 0 Å². The highest BCUT2D eigenvalue weighted by Crippen LogP contribution is 2.44. The molecule has 2 aliphatic heterocycles. The summed E-state index contributed by atoms with van der Waals surface area (Å²) in [5.41, 5.74) is 2.41. The highest BCUT2D eigenvalue weighted by atomic mass is 32.2. The van der Waals surface area contributed by atoms with E-state index in [0.717, 1.165) is 54.5 Å². The lowest BCUT2D eigenvalue weighted by atomic mass is 9.96. The number of aliphatic carboxylic acids is 2. The van der Waals surface area contributed by atoms with E-state index in [1.165, 1.54) is 5.56 Å². The standard InChI is InChI=1S/C20H23FN2OS.C4H4O4/c21-17-6-3-5-16-18(23-10-8-22(9-11-23)12-13-24)14-15-4-1-2-7-19(15)25-20(16)17;5-3(6)1-2-4(7)8/h1-7,18,24H,8-14H2;1-2H,(H,5,6)(H,7,8)/b;2-1+. The lowest BCUT2D eigenvalue weighted by Gasteiger charge is -2.39. The summed E-state index contributed by atoms with van der Waals surface area (Å²) in [6.07, 6.45) is 2.03. The third-order valence-electron chi connectivity index (χ3n) is 5.59. The molecule has 1 fully saturated rings. The molecule has 9 heteroatoms. The van der Waals surface area contributed by atoms with E-state index in [9.17, 15) is 14.0 Å². The molecule has 1 unspecified atom stereocenters. The summed E-state index contributed by atoms with van der Waals surface area (Å²) in [7, 11) is 0. The fourth-order valence-electron chi connectivity index (χ4n) is 4.00. The third kappa shape index (κ3) is 6.88. The molecule has 2 aromatic rings. The maximum atomic E-state index is 14.6. The zero-order valence-corrected chi connectivity index (χ0v) is 18.9. The second kappa shape index (κ2) is 11.9. The first-order valence-corrected chi connectivity index (χ1v) is 11.5. The summed E-state index contributed by atoms with van der Waals surface area (Å²) >= 11 is 1.56. The van der Waals surface area contributed by atoms with Gasteiger partial charge in [0, 0.05) is 55.8 Å². The van der Waals surface area contributed by atoms with Gasteiger partial charge in [-0.3, -0.25) is 9.80 Å². The quantitative estimate of drug-likeness (QED) is 0.569. The van der Waals surface area contributed by atoms with Gasteiger partial charge >= 0.3 is 11.9 Å². The molecule has 4 rings (SSSR count). The number of hydrogen-bond acceptors (Lipinski definition) is 6. The van der Waals surface area contributed by atoms with Gasteiger partial charge < -0.3 is 15.3 Å². The third-order valence-corrected chi connectivity index (χ3v) is 6.84. The van der Waals surface area contributed by atoms with E-state index < -0.39 is 11.9 Å². The van der Waals surface area contributed by atoms with Gasteiger partial charge in [-0.15, -0.1) is 0 Å². The van der Waals surface area contributed by atoms with Crippen LogP contribution in [0.1, 0.15) is 17.2 Å². The minimum atomic E-state index is -1.26. The first kappa shape index (κ1) is 24.9. The molecule has 2 heterocycles. The first-order chi connectivity index (χ1) is 15.9. The van der Waals surface area contributed by atoms with Crippen LogP contribution in [-0.2, 0) is 16.0 Å². The number of rotatable bonds is 5. The van der Waals surface area contributed by atoms with Gasteiger partial charge in [0.05, 0.1) is 11.5 Å². The Bertz CT molecular complexity index is 992. The molecule has 0 saturated carbocycles. The zero-order chi connectivity index (χ0) is 23.8. The largest absolute Gasteiger partial charge is 0.478 e. The molecule has 0 aromatic heterocycles. The molecule has 176 valence electrons. The Kier molecular flexibility index (Phi) is 9.02. The normalized spacial score (nSPS) is 18.5. The first-order valence-electron chi connectivity index (χ1n) is 10.6. The fourth-order valence-corrected chi connectivity index (χ4v) is 5.14. The van der Waals surface area contributed by atoms with Gasteiger partial charge in [0.25, 0.3) is 0 Å². The van der Waals surface area contributed by atoms with E-state index >= 15 is 0 Å². The van der Waals surface area contributed by atoms with Crippen LogP contribution in [-0.4, -0.2) is 76.4 Å². The summed E-state index contributed by atoms with van der Waals surface area (Å²) in [6, 6.07) is 14.1. The predicted molar refractivity (Wildman–Crippen MR) is 123 cm³/mol. The fraction of sp³-hybridized carbons (Fsp3) is 0.333. The number of nitrogens with zero attached hydrogens (tertiary/aromatic N) is 2. The van der Waals surface area contributed by atoms with Gasteiger partial charge in [-0.2, -0.15) is 0 Å². The van der Waals surface area contributed by atoms with Crippen molar-refractivity contribution in [3.8, 4) is 0 Å². The molecule has 3 N–H and O–H groups in total. The van der Waals surface area contributed by atoms with Crippen LogP contribution in [0.5, 0.6) is 0 Å². The second-order valence-corrected chi connectivity index (χ2v) is 8.75. The smallest absolute Gasteiger partial charge is 0.328 e. The number of aliphatic hydroxyl groups excluding tert-OH is 1. The number of carboxylic acids is 2. The highest BCUT2D eigenvalue weighted by Gasteiger charge is 2.30. The molecule has 0 aliphatic carbocycles. The lowest BCUT2D eigenvalue weighted by Crippen LogP contribution is -2.48. The van der Waals surface area contributed by atoms with Crippen LogP contribution in [0.25, 0.3) is 0 Å². The van der Waals surface area contributed by atoms with Crippen molar-refractivity contribution in [2.75, 3.05) is 39.3 Å². The van der Waals surface area contributed by atoms with Gasteiger partial charge in [-0.05, 0) is 29.7 Å². The zero-order valence-electron chi connectivity index (χ0n) is 18.1. The average Bonchev–Trinajstić information content (AvgIpc) is 2.97. The lowest BCUT2D eigenvalue weighted by molar-refractivity contribution is -0.134.